The molecule has 0 fully saturated rings. The van der Waals surface area contributed by atoms with Crippen molar-refractivity contribution in [3.63, 3.8) is 0 Å². The Balaban J connectivity index is 4.02. The number of rotatable bonds is 7. The van der Waals surface area contributed by atoms with Crippen LogP contribution in [-0.4, -0.2) is 8.07 Å². The first-order valence-corrected chi connectivity index (χ1v) is 10.8. The van der Waals surface area contributed by atoms with Crippen molar-refractivity contribution < 1.29 is 0 Å². The molecule has 0 aliphatic heterocycles. The minimum atomic E-state index is -0.813. The summed E-state index contributed by atoms with van der Waals surface area (Å²) in [6.07, 6.45) is 4.17. The van der Waals surface area contributed by atoms with Gasteiger partial charge in [-0.05, 0) is 17.3 Å². The van der Waals surface area contributed by atoms with Gasteiger partial charge in [-0.25, -0.2) is 0 Å². The zero-order valence-electron chi connectivity index (χ0n) is 13.0. The van der Waals surface area contributed by atoms with E-state index in [4.69, 9.17) is 0 Å². The smallest absolute Gasteiger partial charge is 0.0442 e. The predicted octanol–water partition coefficient (Wildman–Crippen LogP) is 5.81. The predicted molar refractivity (Wildman–Crippen MR) is 79.8 cm³/mol. The molecule has 0 aromatic carbocycles. The fourth-order valence-corrected chi connectivity index (χ4v) is 3.56. The molecule has 0 spiro atoms. The molecule has 0 amide bonds. The minimum Gasteiger partial charge on any atom is -0.0695 e. The summed E-state index contributed by atoms with van der Waals surface area (Å²) in [4.78, 5) is 0. The van der Waals surface area contributed by atoms with E-state index in [-0.39, 0.29) is 0 Å². The van der Waals surface area contributed by atoms with Gasteiger partial charge in [-0.1, -0.05) is 79.6 Å². The van der Waals surface area contributed by atoms with Crippen LogP contribution in [0.3, 0.4) is 0 Å². The van der Waals surface area contributed by atoms with Crippen LogP contribution >= 0.6 is 0 Å². The van der Waals surface area contributed by atoms with Crippen LogP contribution in [0.5, 0.6) is 0 Å². The van der Waals surface area contributed by atoms with Crippen LogP contribution in [-0.2, 0) is 0 Å². The van der Waals surface area contributed by atoms with Gasteiger partial charge in [0.05, 0.1) is 0 Å². The van der Waals surface area contributed by atoms with Gasteiger partial charge in [0, 0.05) is 8.07 Å². The average Bonchev–Trinajstić information content (AvgIpc) is 2.14. The van der Waals surface area contributed by atoms with E-state index in [0.29, 0.717) is 5.41 Å². The van der Waals surface area contributed by atoms with Crippen LogP contribution in [0.25, 0.3) is 0 Å². The van der Waals surface area contributed by atoms with Crippen molar-refractivity contribution in [3.8, 4) is 0 Å². The van der Waals surface area contributed by atoms with Crippen molar-refractivity contribution in [1.29, 1.82) is 0 Å². The molecular weight excluding hydrogens is 208 g/mol. The van der Waals surface area contributed by atoms with Crippen LogP contribution in [0.1, 0.15) is 53.9 Å². The van der Waals surface area contributed by atoms with Crippen LogP contribution in [0.4, 0.5) is 0 Å². The molecule has 0 bridgehead atoms. The summed E-state index contributed by atoms with van der Waals surface area (Å²) >= 11 is 0. The van der Waals surface area contributed by atoms with Gasteiger partial charge in [-0.3, -0.25) is 0 Å². The van der Waals surface area contributed by atoms with E-state index in [9.17, 15) is 0 Å². The minimum absolute atomic E-state index is 0.512. The molecule has 0 aromatic heterocycles. The lowest BCUT2D eigenvalue weighted by Crippen LogP contribution is -2.27. The van der Waals surface area contributed by atoms with E-state index in [1.165, 1.54) is 25.3 Å². The Bertz CT molecular complexity index is 188. The second kappa shape index (κ2) is 6.23. The molecule has 0 heterocycles. The Hall–Kier alpha value is 0.217. The van der Waals surface area contributed by atoms with Crippen molar-refractivity contribution >= 4 is 8.07 Å². The van der Waals surface area contributed by atoms with E-state index >= 15 is 0 Å². The second-order valence-electron chi connectivity index (χ2n) is 7.56. The fourth-order valence-electron chi connectivity index (χ4n) is 2.30. The molecule has 0 saturated heterocycles. The van der Waals surface area contributed by atoms with Crippen LogP contribution in [0, 0.1) is 17.3 Å². The summed E-state index contributed by atoms with van der Waals surface area (Å²) in [6.45, 7) is 19.5. The molecule has 0 saturated carbocycles. The third-order valence-corrected chi connectivity index (χ3v) is 6.44. The Morgan fingerprint density at radius 3 is 1.94 bits per heavy atom. The maximum absolute atomic E-state index is 2.48. The van der Waals surface area contributed by atoms with E-state index in [1.807, 2.05) is 0 Å². The lowest BCUT2D eigenvalue weighted by molar-refractivity contribution is 0.152. The zero-order chi connectivity index (χ0) is 13.0. The normalized spacial score (nSPS) is 17.2. The molecular formula is C15H34Si. The van der Waals surface area contributed by atoms with Gasteiger partial charge in [0.15, 0.2) is 0 Å². The Kier molecular flexibility index (Phi) is 6.32. The van der Waals surface area contributed by atoms with Gasteiger partial charge in [-0.2, -0.15) is 0 Å². The lowest BCUT2D eigenvalue weighted by Gasteiger charge is -2.35. The van der Waals surface area contributed by atoms with Crippen molar-refractivity contribution in [2.75, 3.05) is 0 Å². The molecule has 1 heteroatoms. The van der Waals surface area contributed by atoms with Crippen LogP contribution in [0.2, 0.25) is 25.7 Å². The molecule has 16 heavy (non-hydrogen) atoms. The highest BCUT2D eigenvalue weighted by Crippen LogP contribution is 2.37. The van der Waals surface area contributed by atoms with Crippen molar-refractivity contribution in [1.82, 2.24) is 0 Å². The maximum atomic E-state index is 2.48. The van der Waals surface area contributed by atoms with Crippen molar-refractivity contribution in [2.24, 2.45) is 17.3 Å². The molecule has 0 nitrogen and oxygen atoms in total. The summed E-state index contributed by atoms with van der Waals surface area (Å²) in [5.41, 5.74) is 0.512. The maximum Gasteiger partial charge on any atom is 0.0442 e. The monoisotopic (exact) mass is 242 g/mol. The molecule has 0 N–H and O–H groups in total. The molecule has 98 valence electrons. The highest BCUT2D eigenvalue weighted by Gasteiger charge is 2.28. The molecule has 0 aliphatic carbocycles. The molecule has 2 unspecified atom stereocenters. The van der Waals surface area contributed by atoms with Gasteiger partial charge in [0.2, 0.25) is 0 Å². The first-order chi connectivity index (χ1) is 7.10. The third kappa shape index (κ3) is 6.08. The van der Waals surface area contributed by atoms with E-state index < -0.39 is 8.07 Å². The van der Waals surface area contributed by atoms with Crippen LogP contribution < -0.4 is 0 Å². The lowest BCUT2D eigenvalue weighted by atomic mass is 9.71. The Morgan fingerprint density at radius 1 is 1.06 bits per heavy atom. The van der Waals surface area contributed by atoms with Gasteiger partial charge in [-0.15, -0.1) is 0 Å². The van der Waals surface area contributed by atoms with E-state index in [2.05, 4.69) is 54.3 Å². The van der Waals surface area contributed by atoms with Gasteiger partial charge in [0.25, 0.3) is 0 Å². The summed E-state index contributed by atoms with van der Waals surface area (Å²) in [5.74, 6) is 1.73. The summed E-state index contributed by atoms with van der Waals surface area (Å²) < 4.78 is 0. The van der Waals surface area contributed by atoms with E-state index in [1.54, 1.807) is 0 Å². The van der Waals surface area contributed by atoms with Gasteiger partial charge in [0.1, 0.15) is 0 Å². The summed E-state index contributed by atoms with van der Waals surface area (Å²) in [6, 6.07) is 1.50. The van der Waals surface area contributed by atoms with Gasteiger partial charge < -0.3 is 0 Å². The first-order valence-electron chi connectivity index (χ1n) is 7.10. The molecule has 2 atom stereocenters. The first kappa shape index (κ1) is 16.2. The number of hydrogen-bond acceptors (Lipinski definition) is 0. The highest BCUT2D eigenvalue weighted by molar-refractivity contribution is 6.76. The van der Waals surface area contributed by atoms with E-state index in [0.717, 1.165) is 11.8 Å². The highest BCUT2D eigenvalue weighted by atomic mass is 28.3. The quantitative estimate of drug-likeness (QED) is 0.494. The second-order valence-corrected chi connectivity index (χ2v) is 13.2. The molecule has 0 aliphatic rings. The third-order valence-electron chi connectivity index (χ3n) is 4.58. The summed E-state index contributed by atoms with van der Waals surface area (Å²) in [5, 5.41) is 0. The van der Waals surface area contributed by atoms with Crippen LogP contribution in [0.15, 0.2) is 0 Å². The molecule has 0 radical (unpaired) electrons. The Morgan fingerprint density at radius 2 is 1.56 bits per heavy atom. The molecule has 0 rings (SSSR count). The fraction of sp³-hybridized carbons (Fsp3) is 1.00. The zero-order valence-corrected chi connectivity index (χ0v) is 14.0. The van der Waals surface area contributed by atoms with Gasteiger partial charge >= 0.3 is 0 Å². The Labute approximate surface area is 105 Å². The van der Waals surface area contributed by atoms with Crippen molar-refractivity contribution in [2.45, 2.75) is 79.6 Å². The molecule has 0 aromatic rings. The topological polar surface area (TPSA) is 0 Å². The van der Waals surface area contributed by atoms with Crippen molar-refractivity contribution in [3.05, 3.63) is 0 Å². The largest absolute Gasteiger partial charge is 0.0695 e. The summed E-state index contributed by atoms with van der Waals surface area (Å²) in [7, 11) is -0.813. The number of hydrogen-bond donors (Lipinski definition) is 0. The standard InChI is InChI=1S/C15H34Si/c1-9-15(4,5)14(3)13(2)11-10-12-16(6,7)8/h13-14H,9-12H2,1-8H3. The average molecular weight is 243 g/mol. The SMILES string of the molecule is CCC(C)(C)C(C)C(C)CCC[Si](C)(C)C.